The van der Waals surface area contributed by atoms with E-state index in [9.17, 15) is 38.7 Å². The van der Waals surface area contributed by atoms with E-state index in [0.717, 1.165) is 6.92 Å². The number of aliphatic hydroxyl groups is 5. The summed E-state index contributed by atoms with van der Waals surface area (Å²) in [4.78, 5) is 11.4. The molecule has 29 heavy (non-hydrogen) atoms. The molecule has 14 nitrogen and oxygen atoms in total. The third-order valence-corrected chi connectivity index (χ3v) is 5.01. The average Bonchev–Trinajstić information content (AvgIpc) is 2.60. The molecule has 1 amide bonds. The van der Waals surface area contributed by atoms with E-state index < -0.39 is 84.3 Å². The second-order valence-corrected chi connectivity index (χ2v) is 7.79. The molecule has 0 bridgehead atoms. The van der Waals surface area contributed by atoms with Gasteiger partial charge in [-0.3, -0.25) is 9.35 Å². The summed E-state index contributed by atoms with van der Waals surface area (Å²) in [5, 5.41) is 52.4. The van der Waals surface area contributed by atoms with Gasteiger partial charge in [-0.15, -0.1) is 0 Å². The number of carbonyl (C=O) groups excluding carboxylic acids is 1. The fraction of sp³-hybridized carbons (Fsp3) is 0.929. The van der Waals surface area contributed by atoms with Gasteiger partial charge in [0, 0.05) is 6.92 Å². The molecule has 0 aromatic carbocycles. The summed E-state index contributed by atoms with van der Waals surface area (Å²) in [5.41, 5.74) is 0. The van der Waals surface area contributed by atoms with Crippen LogP contribution in [0.4, 0.5) is 0 Å². The molecule has 0 radical (unpaired) electrons. The number of hydrogen-bond donors (Lipinski definition) is 7. The van der Waals surface area contributed by atoms with Crippen LogP contribution in [0, 0.1) is 0 Å². The molecule has 10 atom stereocenters. The molecule has 15 heteroatoms. The van der Waals surface area contributed by atoms with Gasteiger partial charge in [-0.1, -0.05) is 0 Å². The van der Waals surface area contributed by atoms with Crippen LogP contribution < -0.4 is 5.32 Å². The number of aliphatic hydroxyl groups excluding tert-OH is 5. The molecule has 2 aliphatic heterocycles. The van der Waals surface area contributed by atoms with Gasteiger partial charge in [0.05, 0.1) is 12.7 Å². The summed E-state index contributed by atoms with van der Waals surface area (Å²) >= 11 is 0. The maximum atomic E-state index is 11.4. The Morgan fingerprint density at radius 3 is 2.21 bits per heavy atom. The maximum absolute atomic E-state index is 11.4. The molecule has 0 aromatic heterocycles. The number of nitrogens with one attached hydrogen (secondary N) is 1. The van der Waals surface area contributed by atoms with E-state index >= 15 is 0 Å². The van der Waals surface area contributed by atoms with Crippen molar-refractivity contribution in [1.82, 2.24) is 5.32 Å². The van der Waals surface area contributed by atoms with Crippen LogP contribution in [0.15, 0.2) is 0 Å². The van der Waals surface area contributed by atoms with Crippen LogP contribution in [0.2, 0.25) is 0 Å². The van der Waals surface area contributed by atoms with E-state index in [2.05, 4.69) is 9.50 Å². The summed E-state index contributed by atoms with van der Waals surface area (Å²) in [6, 6.07) is -1.36. The minimum absolute atomic E-state index is 0.623. The Balaban J connectivity index is 2.27. The standard InChI is InChI=1S/C14H25NO13S/c1-4-8(18)12(28-29(22,23)24)10(20)14(25-4)27-11-7(15-5(2)17)13(21)26-6(3-16)9(11)19/h4,6-14,16,18-21H,3H2,1-2H3,(H,15,17)(H,22,23,24)/t4-,6-,7-,8+,9+,10-,11-,12+,13?,14+/m1/s1. The summed E-state index contributed by atoms with van der Waals surface area (Å²) in [6.07, 6.45) is -14.5. The Morgan fingerprint density at radius 2 is 1.69 bits per heavy atom. The highest BCUT2D eigenvalue weighted by molar-refractivity contribution is 7.80. The largest absolute Gasteiger partial charge is 0.397 e. The molecule has 0 spiro atoms. The van der Waals surface area contributed by atoms with Crippen LogP contribution in [0.3, 0.4) is 0 Å². The second kappa shape index (κ2) is 9.44. The Kier molecular flexibility index (Phi) is 7.91. The molecule has 170 valence electrons. The van der Waals surface area contributed by atoms with Crippen molar-refractivity contribution in [2.75, 3.05) is 6.61 Å². The Bertz CT molecular complexity index is 674. The predicted octanol–water partition coefficient (Wildman–Crippen LogP) is -4.40. The number of ether oxygens (including phenoxy) is 3. The van der Waals surface area contributed by atoms with Crippen molar-refractivity contribution in [2.45, 2.75) is 75.2 Å². The van der Waals surface area contributed by atoms with E-state index in [4.69, 9.17) is 18.8 Å². The van der Waals surface area contributed by atoms with Crippen molar-refractivity contribution in [3.8, 4) is 0 Å². The molecular weight excluding hydrogens is 422 g/mol. The molecule has 2 fully saturated rings. The van der Waals surface area contributed by atoms with Gasteiger partial charge in [0.25, 0.3) is 0 Å². The van der Waals surface area contributed by atoms with E-state index in [1.54, 1.807) is 0 Å². The Labute approximate surface area is 165 Å². The third kappa shape index (κ3) is 5.80. The first-order chi connectivity index (χ1) is 13.4. The SMILES string of the molecule is CC(=O)N[C@H]1C(O)O[C@H](CO)[C@H](O)[C@@H]1O[C@@H]1O[C@H](C)[C@H](O)[C@H](OS(=O)(=O)O)[C@H]1O. The molecule has 2 saturated heterocycles. The van der Waals surface area contributed by atoms with Gasteiger partial charge in [-0.25, -0.2) is 4.18 Å². The molecule has 7 N–H and O–H groups in total. The van der Waals surface area contributed by atoms with Gasteiger partial charge in [0.15, 0.2) is 12.6 Å². The van der Waals surface area contributed by atoms with Gasteiger partial charge in [-0.2, -0.15) is 8.42 Å². The van der Waals surface area contributed by atoms with Gasteiger partial charge in [0.2, 0.25) is 5.91 Å². The molecule has 1 unspecified atom stereocenters. The van der Waals surface area contributed by atoms with Crippen molar-refractivity contribution in [3.63, 3.8) is 0 Å². The minimum atomic E-state index is -5.06. The first-order valence-electron chi connectivity index (χ1n) is 8.58. The molecular formula is C14H25NO13S. The normalized spacial score (nSPS) is 43.7. The lowest BCUT2D eigenvalue weighted by Crippen LogP contribution is -2.67. The van der Waals surface area contributed by atoms with Gasteiger partial charge >= 0.3 is 10.4 Å². The zero-order valence-electron chi connectivity index (χ0n) is 15.4. The molecule has 0 aliphatic carbocycles. The van der Waals surface area contributed by atoms with Crippen LogP contribution in [-0.2, 0) is 33.6 Å². The van der Waals surface area contributed by atoms with Crippen molar-refractivity contribution in [3.05, 3.63) is 0 Å². The Hall–Kier alpha value is -0.980. The number of hydrogen-bond acceptors (Lipinski definition) is 12. The first kappa shape index (κ1) is 24.3. The number of rotatable bonds is 6. The van der Waals surface area contributed by atoms with E-state index in [-0.39, 0.29) is 0 Å². The number of carbonyl (C=O) groups is 1. The quantitative estimate of drug-likeness (QED) is 0.191. The smallest absolute Gasteiger partial charge is 0.394 e. The van der Waals surface area contributed by atoms with Gasteiger partial charge in [0.1, 0.15) is 42.7 Å². The zero-order chi connectivity index (χ0) is 22.1. The van der Waals surface area contributed by atoms with E-state index in [1.165, 1.54) is 6.92 Å². The fourth-order valence-corrected chi connectivity index (χ4v) is 3.66. The number of amides is 1. The van der Waals surface area contributed by atoms with Crippen molar-refractivity contribution in [2.24, 2.45) is 0 Å². The van der Waals surface area contributed by atoms with Crippen molar-refractivity contribution in [1.29, 1.82) is 0 Å². The molecule has 2 rings (SSSR count). The molecule has 0 aromatic rings. The summed E-state index contributed by atoms with van der Waals surface area (Å²) < 4.78 is 50.9. The second-order valence-electron chi connectivity index (χ2n) is 6.74. The zero-order valence-corrected chi connectivity index (χ0v) is 16.2. The average molecular weight is 447 g/mol. The maximum Gasteiger partial charge on any atom is 0.397 e. The Morgan fingerprint density at radius 1 is 1.07 bits per heavy atom. The van der Waals surface area contributed by atoms with Crippen LogP contribution in [-0.4, -0.2) is 112 Å². The highest BCUT2D eigenvalue weighted by atomic mass is 32.3. The highest BCUT2D eigenvalue weighted by Crippen LogP contribution is 2.30. The van der Waals surface area contributed by atoms with Crippen LogP contribution >= 0.6 is 0 Å². The fourth-order valence-electron chi connectivity index (χ4n) is 3.15. The van der Waals surface area contributed by atoms with E-state index in [1.807, 2.05) is 0 Å². The minimum Gasteiger partial charge on any atom is -0.394 e. The van der Waals surface area contributed by atoms with E-state index in [0.29, 0.717) is 0 Å². The van der Waals surface area contributed by atoms with Gasteiger partial charge < -0.3 is 45.1 Å². The molecule has 2 heterocycles. The van der Waals surface area contributed by atoms with Gasteiger partial charge in [-0.05, 0) is 6.92 Å². The van der Waals surface area contributed by atoms with Crippen LogP contribution in [0.25, 0.3) is 0 Å². The topological polar surface area (TPSA) is 222 Å². The summed E-state index contributed by atoms with van der Waals surface area (Å²) in [7, 11) is -5.06. The lowest BCUT2D eigenvalue weighted by Gasteiger charge is -2.46. The molecule has 0 saturated carbocycles. The van der Waals surface area contributed by atoms with Crippen LogP contribution in [0.1, 0.15) is 13.8 Å². The highest BCUT2D eigenvalue weighted by Gasteiger charge is 2.51. The first-order valence-corrected chi connectivity index (χ1v) is 9.94. The summed E-state index contributed by atoms with van der Waals surface area (Å²) in [6.45, 7) is 1.70. The lowest BCUT2D eigenvalue weighted by molar-refractivity contribution is -0.335. The van der Waals surface area contributed by atoms with Crippen molar-refractivity contribution >= 4 is 16.3 Å². The lowest BCUT2D eigenvalue weighted by atomic mass is 9.95. The predicted molar refractivity (Wildman–Crippen MR) is 89.2 cm³/mol. The van der Waals surface area contributed by atoms with Crippen LogP contribution in [0.5, 0.6) is 0 Å². The van der Waals surface area contributed by atoms with Crippen molar-refractivity contribution < 1.29 is 61.7 Å². The molecule has 2 aliphatic rings. The monoisotopic (exact) mass is 447 g/mol. The third-order valence-electron chi connectivity index (χ3n) is 4.55. The summed E-state index contributed by atoms with van der Waals surface area (Å²) in [5.74, 6) is -0.623.